The molecular weight excluding hydrogens is 224 g/mol. The van der Waals surface area contributed by atoms with Crippen molar-refractivity contribution in [1.82, 2.24) is 0 Å². The Bertz CT molecular complexity index is 339. The second-order valence-corrected chi connectivity index (χ2v) is 4.40. The summed E-state index contributed by atoms with van der Waals surface area (Å²) in [6, 6.07) is 7.01. The van der Waals surface area contributed by atoms with Crippen molar-refractivity contribution in [2.45, 2.75) is 18.2 Å². The van der Waals surface area contributed by atoms with E-state index in [-0.39, 0.29) is 0 Å². The summed E-state index contributed by atoms with van der Waals surface area (Å²) in [4.78, 5) is 11.7. The molecule has 4 heteroatoms. The maximum absolute atomic E-state index is 10.7. The third kappa shape index (κ3) is 4.68. The lowest BCUT2D eigenvalue weighted by molar-refractivity contribution is 0.0696. The molecule has 0 unspecified atom stereocenters. The van der Waals surface area contributed by atoms with E-state index < -0.39 is 5.97 Å². The Morgan fingerprint density at radius 3 is 3.00 bits per heavy atom. The molecule has 0 saturated carbocycles. The van der Waals surface area contributed by atoms with E-state index in [2.05, 4.69) is 0 Å². The van der Waals surface area contributed by atoms with E-state index in [4.69, 9.17) is 9.84 Å². The van der Waals surface area contributed by atoms with Gasteiger partial charge in [0.25, 0.3) is 0 Å². The van der Waals surface area contributed by atoms with Crippen molar-refractivity contribution in [3.05, 3.63) is 29.8 Å². The molecule has 0 saturated heterocycles. The summed E-state index contributed by atoms with van der Waals surface area (Å²) in [5.41, 5.74) is 0.342. The van der Waals surface area contributed by atoms with Crippen LogP contribution in [-0.4, -0.2) is 30.0 Å². The van der Waals surface area contributed by atoms with Gasteiger partial charge in [-0.25, -0.2) is 4.79 Å². The van der Waals surface area contributed by atoms with Gasteiger partial charge in [-0.05, 0) is 31.5 Å². The number of hydrogen-bond donors (Lipinski definition) is 1. The van der Waals surface area contributed by atoms with E-state index in [0.717, 1.165) is 30.3 Å². The number of carboxylic acids is 1. The zero-order chi connectivity index (χ0) is 11.8. The lowest BCUT2D eigenvalue weighted by Crippen LogP contribution is -1.96. The minimum atomic E-state index is -0.878. The molecule has 1 N–H and O–H groups in total. The molecule has 1 aromatic rings. The normalized spacial score (nSPS) is 10.3. The summed E-state index contributed by atoms with van der Waals surface area (Å²) in [7, 11) is 0. The van der Waals surface area contributed by atoms with Gasteiger partial charge in [0.1, 0.15) is 0 Å². The van der Waals surface area contributed by atoms with Crippen LogP contribution in [0.2, 0.25) is 0 Å². The lowest BCUT2D eigenvalue weighted by Gasteiger charge is -2.03. The molecule has 3 nitrogen and oxygen atoms in total. The van der Waals surface area contributed by atoms with Crippen LogP contribution in [0.1, 0.15) is 23.7 Å². The number of carbonyl (C=O) groups is 1. The molecule has 0 amide bonds. The minimum absolute atomic E-state index is 0.342. The Kier molecular flexibility index (Phi) is 5.96. The van der Waals surface area contributed by atoms with Gasteiger partial charge in [-0.1, -0.05) is 6.07 Å². The van der Waals surface area contributed by atoms with Crippen molar-refractivity contribution in [3.63, 3.8) is 0 Å². The first-order valence-corrected chi connectivity index (χ1v) is 6.26. The molecule has 0 bridgehead atoms. The van der Waals surface area contributed by atoms with Crippen LogP contribution in [0.15, 0.2) is 29.2 Å². The van der Waals surface area contributed by atoms with Crippen LogP contribution in [-0.2, 0) is 4.74 Å². The highest BCUT2D eigenvalue weighted by Gasteiger charge is 2.03. The molecule has 0 fully saturated rings. The zero-order valence-electron chi connectivity index (χ0n) is 9.31. The highest BCUT2D eigenvalue weighted by molar-refractivity contribution is 7.99. The topological polar surface area (TPSA) is 46.5 Å². The monoisotopic (exact) mass is 240 g/mol. The lowest BCUT2D eigenvalue weighted by atomic mass is 10.2. The first-order valence-electron chi connectivity index (χ1n) is 5.28. The van der Waals surface area contributed by atoms with E-state index in [0.29, 0.717) is 5.56 Å². The largest absolute Gasteiger partial charge is 0.478 e. The van der Waals surface area contributed by atoms with E-state index in [1.165, 1.54) is 0 Å². The molecule has 16 heavy (non-hydrogen) atoms. The predicted octanol–water partition coefficient (Wildman–Crippen LogP) is 2.90. The van der Waals surface area contributed by atoms with Gasteiger partial charge in [-0.15, -0.1) is 11.8 Å². The number of hydrogen-bond acceptors (Lipinski definition) is 3. The van der Waals surface area contributed by atoms with E-state index in [1.807, 2.05) is 13.0 Å². The van der Waals surface area contributed by atoms with Crippen molar-refractivity contribution in [2.75, 3.05) is 19.0 Å². The number of carboxylic acid groups (broad SMARTS) is 1. The number of thioether (sulfide) groups is 1. The minimum Gasteiger partial charge on any atom is -0.478 e. The number of ether oxygens (including phenoxy) is 1. The Morgan fingerprint density at radius 2 is 2.31 bits per heavy atom. The van der Waals surface area contributed by atoms with Crippen molar-refractivity contribution >= 4 is 17.7 Å². The Labute approximate surface area is 99.8 Å². The van der Waals surface area contributed by atoms with Crippen LogP contribution in [0, 0.1) is 0 Å². The molecule has 1 rings (SSSR count). The Balaban J connectivity index is 2.36. The molecule has 0 aromatic heterocycles. The van der Waals surface area contributed by atoms with E-state index in [1.54, 1.807) is 30.0 Å². The first-order chi connectivity index (χ1) is 7.74. The van der Waals surface area contributed by atoms with Crippen molar-refractivity contribution in [1.29, 1.82) is 0 Å². The molecular formula is C12H16O3S. The summed E-state index contributed by atoms with van der Waals surface area (Å²) in [5.74, 6) is 0.0695. The highest BCUT2D eigenvalue weighted by atomic mass is 32.2. The molecule has 0 spiro atoms. The molecule has 88 valence electrons. The van der Waals surface area contributed by atoms with Crippen LogP contribution >= 0.6 is 11.8 Å². The molecule has 0 aliphatic heterocycles. The predicted molar refractivity (Wildman–Crippen MR) is 65.2 cm³/mol. The van der Waals surface area contributed by atoms with Crippen LogP contribution in [0.5, 0.6) is 0 Å². The van der Waals surface area contributed by atoms with Crippen LogP contribution in [0.4, 0.5) is 0 Å². The van der Waals surface area contributed by atoms with E-state index in [9.17, 15) is 4.79 Å². The van der Waals surface area contributed by atoms with Gasteiger partial charge in [-0.3, -0.25) is 0 Å². The van der Waals surface area contributed by atoms with Gasteiger partial charge >= 0.3 is 5.97 Å². The van der Waals surface area contributed by atoms with Gasteiger partial charge in [0.2, 0.25) is 0 Å². The standard InChI is InChI=1S/C12H16O3S/c1-2-15-7-4-8-16-11-6-3-5-10(9-11)12(13)14/h3,5-6,9H,2,4,7-8H2,1H3,(H,13,14). The maximum Gasteiger partial charge on any atom is 0.335 e. The van der Waals surface area contributed by atoms with Gasteiger partial charge in [-0.2, -0.15) is 0 Å². The summed E-state index contributed by atoms with van der Waals surface area (Å²) in [6.07, 6.45) is 0.982. The van der Waals surface area contributed by atoms with Gasteiger partial charge in [0.15, 0.2) is 0 Å². The second-order valence-electron chi connectivity index (χ2n) is 3.23. The smallest absolute Gasteiger partial charge is 0.335 e. The fourth-order valence-electron chi connectivity index (χ4n) is 1.21. The summed E-state index contributed by atoms with van der Waals surface area (Å²) < 4.78 is 5.23. The fraction of sp³-hybridized carbons (Fsp3) is 0.417. The average molecular weight is 240 g/mol. The van der Waals surface area contributed by atoms with Gasteiger partial charge < -0.3 is 9.84 Å². The molecule has 0 atom stereocenters. The van der Waals surface area contributed by atoms with Crippen LogP contribution in [0.25, 0.3) is 0 Å². The third-order valence-electron chi connectivity index (χ3n) is 1.99. The second kappa shape index (κ2) is 7.30. The quantitative estimate of drug-likeness (QED) is 0.588. The Hall–Kier alpha value is -1.00. The molecule has 0 heterocycles. The zero-order valence-corrected chi connectivity index (χ0v) is 10.1. The third-order valence-corrected chi connectivity index (χ3v) is 3.07. The number of benzene rings is 1. The van der Waals surface area contributed by atoms with Crippen molar-refractivity contribution in [3.8, 4) is 0 Å². The highest BCUT2D eigenvalue weighted by Crippen LogP contribution is 2.19. The van der Waals surface area contributed by atoms with Gasteiger partial charge in [0.05, 0.1) is 5.56 Å². The molecule has 0 aliphatic carbocycles. The van der Waals surface area contributed by atoms with Crippen LogP contribution in [0.3, 0.4) is 0 Å². The molecule has 0 radical (unpaired) electrons. The first kappa shape index (κ1) is 13.1. The summed E-state index contributed by atoms with van der Waals surface area (Å²) in [5, 5.41) is 8.82. The number of aromatic carboxylic acids is 1. The average Bonchev–Trinajstić information content (AvgIpc) is 2.29. The summed E-state index contributed by atoms with van der Waals surface area (Å²) >= 11 is 1.66. The fourth-order valence-corrected chi connectivity index (χ4v) is 2.10. The SMILES string of the molecule is CCOCCCSc1cccc(C(=O)O)c1. The maximum atomic E-state index is 10.7. The molecule has 1 aromatic carbocycles. The van der Waals surface area contributed by atoms with E-state index >= 15 is 0 Å². The summed E-state index contributed by atoms with van der Waals surface area (Å²) in [6.45, 7) is 3.49. The van der Waals surface area contributed by atoms with Crippen molar-refractivity contribution < 1.29 is 14.6 Å². The van der Waals surface area contributed by atoms with Crippen molar-refractivity contribution in [2.24, 2.45) is 0 Å². The van der Waals surface area contributed by atoms with Gasteiger partial charge in [0, 0.05) is 23.9 Å². The molecule has 0 aliphatic rings. The van der Waals surface area contributed by atoms with Crippen LogP contribution < -0.4 is 0 Å². The number of rotatable bonds is 7. The Morgan fingerprint density at radius 1 is 1.50 bits per heavy atom.